The van der Waals surface area contributed by atoms with Crippen LogP contribution in [0.4, 0.5) is 0 Å². The molecule has 7 nitrogen and oxygen atoms in total. The summed E-state index contributed by atoms with van der Waals surface area (Å²) in [5.41, 5.74) is 1.01. The van der Waals surface area contributed by atoms with Crippen LogP contribution in [0.2, 0.25) is 0 Å². The number of nitrogens with one attached hydrogen (secondary N) is 2. The smallest absolute Gasteiger partial charge is 0.222 e. The van der Waals surface area contributed by atoms with Gasteiger partial charge in [-0.1, -0.05) is 30.3 Å². The predicted molar refractivity (Wildman–Crippen MR) is 116 cm³/mol. The van der Waals surface area contributed by atoms with Crippen LogP contribution >= 0.6 is 0 Å². The van der Waals surface area contributed by atoms with Crippen molar-refractivity contribution in [3.05, 3.63) is 60.2 Å². The SMILES string of the molecule is O=C(C[C@@H]1CC[C@H]2NC[C@H](O)COC[C@@H]2O1)NCc1ccc(Oc2ccccc2)cc1. The maximum Gasteiger partial charge on any atom is 0.222 e. The third kappa shape index (κ3) is 6.51. The molecule has 7 heteroatoms. The topological polar surface area (TPSA) is 89.1 Å². The third-order valence-electron chi connectivity index (χ3n) is 5.63. The van der Waals surface area contributed by atoms with E-state index in [1.54, 1.807) is 0 Å². The summed E-state index contributed by atoms with van der Waals surface area (Å²) in [7, 11) is 0. The first-order chi connectivity index (χ1) is 15.2. The Balaban J connectivity index is 1.20. The van der Waals surface area contributed by atoms with Crippen LogP contribution in [0.3, 0.4) is 0 Å². The number of hydrogen-bond donors (Lipinski definition) is 3. The summed E-state index contributed by atoms with van der Waals surface area (Å²) < 4.78 is 17.4. The maximum atomic E-state index is 12.4. The molecule has 2 aromatic rings. The molecule has 31 heavy (non-hydrogen) atoms. The number of aliphatic hydroxyl groups is 1. The normalized spacial score (nSPS) is 26.2. The van der Waals surface area contributed by atoms with Crippen molar-refractivity contribution in [3.63, 3.8) is 0 Å². The van der Waals surface area contributed by atoms with Gasteiger partial charge in [-0.25, -0.2) is 0 Å². The molecule has 0 bridgehead atoms. The molecule has 0 saturated carbocycles. The molecule has 2 saturated heterocycles. The average molecular weight is 427 g/mol. The van der Waals surface area contributed by atoms with Crippen molar-refractivity contribution in [2.45, 2.75) is 50.2 Å². The number of amides is 1. The fourth-order valence-corrected chi connectivity index (χ4v) is 3.95. The van der Waals surface area contributed by atoms with Gasteiger partial charge < -0.3 is 30.0 Å². The zero-order valence-electron chi connectivity index (χ0n) is 17.5. The molecule has 2 aliphatic heterocycles. The first-order valence-electron chi connectivity index (χ1n) is 10.9. The van der Waals surface area contributed by atoms with Crippen molar-refractivity contribution in [3.8, 4) is 11.5 Å². The summed E-state index contributed by atoms with van der Waals surface area (Å²) in [6.45, 7) is 1.71. The van der Waals surface area contributed by atoms with Gasteiger partial charge in [-0.2, -0.15) is 0 Å². The van der Waals surface area contributed by atoms with Crippen LogP contribution in [0.25, 0.3) is 0 Å². The van der Waals surface area contributed by atoms with E-state index in [9.17, 15) is 9.90 Å². The van der Waals surface area contributed by atoms with Gasteiger partial charge in [-0.05, 0) is 42.7 Å². The van der Waals surface area contributed by atoms with Crippen molar-refractivity contribution >= 4 is 5.91 Å². The summed E-state index contributed by atoms with van der Waals surface area (Å²) >= 11 is 0. The van der Waals surface area contributed by atoms with Crippen molar-refractivity contribution in [2.24, 2.45) is 0 Å². The third-order valence-corrected chi connectivity index (χ3v) is 5.63. The van der Waals surface area contributed by atoms with Crippen molar-refractivity contribution < 1.29 is 24.1 Å². The molecule has 3 N–H and O–H groups in total. The minimum atomic E-state index is -0.483. The highest BCUT2D eigenvalue weighted by atomic mass is 16.5. The molecule has 2 aromatic carbocycles. The molecule has 1 amide bonds. The van der Waals surface area contributed by atoms with Gasteiger partial charge in [0.1, 0.15) is 11.5 Å². The summed E-state index contributed by atoms with van der Waals surface area (Å²) in [5, 5.41) is 16.0. The summed E-state index contributed by atoms with van der Waals surface area (Å²) in [4.78, 5) is 12.4. The largest absolute Gasteiger partial charge is 0.457 e. The molecule has 0 unspecified atom stereocenters. The molecule has 4 rings (SSSR count). The molecule has 2 aliphatic rings. The van der Waals surface area contributed by atoms with Gasteiger partial charge in [0.05, 0.1) is 37.9 Å². The second-order valence-electron chi connectivity index (χ2n) is 8.12. The number of benzene rings is 2. The Morgan fingerprint density at radius 3 is 2.65 bits per heavy atom. The van der Waals surface area contributed by atoms with E-state index in [0.717, 1.165) is 29.9 Å². The van der Waals surface area contributed by atoms with E-state index in [1.165, 1.54) is 0 Å². The van der Waals surface area contributed by atoms with E-state index in [1.807, 2.05) is 54.6 Å². The highest BCUT2D eigenvalue weighted by Gasteiger charge is 2.33. The maximum absolute atomic E-state index is 12.4. The highest BCUT2D eigenvalue weighted by Crippen LogP contribution is 2.24. The van der Waals surface area contributed by atoms with Gasteiger partial charge in [0, 0.05) is 19.1 Å². The molecule has 0 aromatic heterocycles. The summed E-state index contributed by atoms with van der Waals surface area (Å²) in [6.07, 6.45) is 1.36. The van der Waals surface area contributed by atoms with Gasteiger partial charge in [0.2, 0.25) is 5.91 Å². The van der Waals surface area contributed by atoms with Gasteiger partial charge in [0.25, 0.3) is 0 Å². The van der Waals surface area contributed by atoms with E-state index in [2.05, 4.69) is 10.6 Å². The van der Waals surface area contributed by atoms with Crippen LogP contribution in [0.15, 0.2) is 54.6 Å². The molecular formula is C24H30N2O5. The Hall–Kier alpha value is -2.45. The van der Waals surface area contributed by atoms with Crippen LogP contribution in [0, 0.1) is 0 Å². The van der Waals surface area contributed by atoms with Crippen molar-refractivity contribution in [2.75, 3.05) is 19.8 Å². The Bertz CT molecular complexity index is 830. The minimum absolute atomic E-state index is 0.0248. The van der Waals surface area contributed by atoms with E-state index >= 15 is 0 Å². The van der Waals surface area contributed by atoms with Crippen molar-refractivity contribution in [1.82, 2.24) is 10.6 Å². The monoisotopic (exact) mass is 426 g/mol. The zero-order valence-corrected chi connectivity index (χ0v) is 17.5. The molecule has 166 valence electrons. The Labute approximate surface area is 182 Å². The number of β-amino-alcohol motifs (C(OH)–C–C–N with tert-alkyl or cyclic N) is 1. The molecule has 2 heterocycles. The zero-order chi connectivity index (χ0) is 21.5. The summed E-state index contributed by atoms with van der Waals surface area (Å²) in [5.74, 6) is 1.52. The van der Waals surface area contributed by atoms with E-state index < -0.39 is 6.10 Å². The van der Waals surface area contributed by atoms with Gasteiger partial charge in [-0.15, -0.1) is 0 Å². The van der Waals surface area contributed by atoms with Crippen LogP contribution < -0.4 is 15.4 Å². The average Bonchev–Trinajstić information content (AvgIpc) is 2.77. The van der Waals surface area contributed by atoms with Gasteiger partial charge in [0.15, 0.2) is 0 Å². The molecule has 0 radical (unpaired) electrons. The van der Waals surface area contributed by atoms with Crippen LogP contribution in [0.5, 0.6) is 11.5 Å². The van der Waals surface area contributed by atoms with Crippen LogP contribution in [-0.4, -0.2) is 55.1 Å². The van der Waals surface area contributed by atoms with Crippen molar-refractivity contribution in [1.29, 1.82) is 0 Å². The lowest BCUT2D eigenvalue weighted by molar-refractivity contribution is -0.137. The lowest BCUT2D eigenvalue weighted by atomic mass is 9.96. The van der Waals surface area contributed by atoms with E-state index in [0.29, 0.717) is 32.7 Å². The lowest BCUT2D eigenvalue weighted by Gasteiger charge is -2.38. The second kappa shape index (κ2) is 10.7. The number of hydrogen-bond acceptors (Lipinski definition) is 6. The number of para-hydroxylation sites is 1. The van der Waals surface area contributed by atoms with E-state index in [4.69, 9.17) is 14.2 Å². The lowest BCUT2D eigenvalue weighted by Crippen LogP contribution is -2.53. The molecule has 0 aliphatic carbocycles. The first-order valence-corrected chi connectivity index (χ1v) is 10.9. The van der Waals surface area contributed by atoms with Gasteiger partial charge in [-0.3, -0.25) is 4.79 Å². The molecule has 2 fully saturated rings. The fraction of sp³-hybridized carbons (Fsp3) is 0.458. The standard InChI is InChI=1S/C24H30N2O5/c27-18-14-25-22-11-10-21(31-23(22)16-29-15-18)12-24(28)26-13-17-6-8-20(9-7-17)30-19-4-2-1-3-5-19/h1-9,18,21-23,25,27H,10-16H2,(H,26,28)/t18-,21-,22+,23-/m0/s1. The minimum Gasteiger partial charge on any atom is -0.457 e. The summed E-state index contributed by atoms with van der Waals surface area (Å²) in [6, 6.07) is 17.5. The molecule has 4 atom stereocenters. The number of carbonyl (C=O) groups excluding carboxylic acids is 1. The van der Waals surface area contributed by atoms with E-state index in [-0.39, 0.29) is 24.2 Å². The Morgan fingerprint density at radius 2 is 1.84 bits per heavy atom. The number of aliphatic hydroxyl groups excluding tert-OH is 1. The van der Waals surface area contributed by atoms with Crippen LogP contribution in [-0.2, 0) is 20.8 Å². The number of fused-ring (bicyclic) bond motifs is 1. The number of ether oxygens (including phenoxy) is 3. The first kappa shape index (κ1) is 21.8. The fourth-order valence-electron chi connectivity index (χ4n) is 3.95. The number of carbonyl (C=O) groups is 1. The quantitative estimate of drug-likeness (QED) is 0.657. The highest BCUT2D eigenvalue weighted by molar-refractivity contribution is 5.76. The Morgan fingerprint density at radius 1 is 1.06 bits per heavy atom. The Kier molecular flexibility index (Phi) is 7.53. The number of rotatable bonds is 6. The van der Waals surface area contributed by atoms with Gasteiger partial charge >= 0.3 is 0 Å². The predicted octanol–water partition coefficient (Wildman–Crippen LogP) is 2.38. The second-order valence-corrected chi connectivity index (χ2v) is 8.12. The molecular weight excluding hydrogens is 396 g/mol. The van der Waals surface area contributed by atoms with Crippen LogP contribution in [0.1, 0.15) is 24.8 Å². The molecule has 0 spiro atoms.